The van der Waals surface area contributed by atoms with Crippen LogP contribution in [-0.4, -0.2) is 16.6 Å². The van der Waals surface area contributed by atoms with E-state index in [2.05, 4.69) is 23.2 Å². The summed E-state index contributed by atoms with van der Waals surface area (Å²) in [6.07, 6.45) is 3.13. The molecular formula is C22H19NO2. The minimum atomic E-state index is 0.0551. The van der Waals surface area contributed by atoms with E-state index in [0.29, 0.717) is 37.2 Å². The molecule has 3 nitrogen and oxygen atoms in total. The Morgan fingerprint density at radius 3 is 2.76 bits per heavy atom. The van der Waals surface area contributed by atoms with Gasteiger partial charge >= 0.3 is 0 Å². The lowest BCUT2D eigenvalue weighted by molar-refractivity contribution is -0.118. The van der Waals surface area contributed by atoms with E-state index in [4.69, 9.17) is 0 Å². The topological polar surface area (TPSA) is 47.0 Å². The molecule has 0 spiro atoms. The van der Waals surface area contributed by atoms with Gasteiger partial charge in [-0.3, -0.25) is 9.59 Å². The Morgan fingerprint density at radius 1 is 0.960 bits per heavy atom. The standard InChI is InChI=1S/C22H19NO2/c24-19-10-8-16-7-5-15(13-18(16)14-19)6-12-22(25)21-11-9-17-3-1-2-4-20(17)23-21/h1-5,7,9,11,13H,6,8,10,12,14H2. The van der Waals surface area contributed by atoms with Crippen molar-refractivity contribution in [1.29, 1.82) is 0 Å². The molecule has 3 heteroatoms. The Bertz CT molecular complexity index is 975. The van der Waals surface area contributed by atoms with Crippen LogP contribution >= 0.6 is 0 Å². The lowest BCUT2D eigenvalue weighted by atomic mass is 9.89. The molecule has 0 amide bonds. The maximum absolute atomic E-state index is 12.5. The van der Waals surface area contributed by atoms with Crippen molar-refractivity contribution in [2.75, 3.05) is 0 Å². The number of fused-ring (bicyclic) bond motifs is 2. The van der Waals surface area contributed by atoms with Crippen molar-refractivity contribution in [2.45, 2.75) is 32.1 Å². The molecule has 124 valence electrons. The first-order valence-electron chi connectivity index (χ1n) is 8.70. The molecule has 1 heterocycles. The second kappa shape index (κ2) is 6.60. The van der Waals surface area contributed by atoms with Gasteiger partial charge in [0.1, 0.15) is 11.5 Å². The zero-order valence-electron chi connectivity index (χ0n) is 14.0. The van der Waals surface area contributed by atoms with Crippen molar-refractivity contribution < 1.29 is 9.59 Å². The van der Waals surface area contributed by atoms with Crippen LogP contribution in [0.1, 0.15) is 40.0 Å². The van der Waals surface area contributed by atoms with Crippen molar-refractivity contribution in [3.63, 3.8) is 0 Å². The number of hydrogen-bond acceptors (Lipinski definition) is 3. The van der Waals surface area contributed by atoms with Crippen LogP contribution in [0.5, 0.6) is 0 Å². The molecule has 0 aliphatic heterocycles. The second-order valence-corrected chi connectivity index (χ2v) is 6.63. The molecule has 3 aromatic rings. The Hall–Kier alpha value is -2.81. The molecule has 0 saturated heterocycles. The predicted molar refractivity (Wildman–Crippen MR) is 97.9 cm³/mol. The van der Waals surface area contributed by atoms with E-state index in [1.165, 1.54) is 5.56 Å². The molecule has 0 unspecified atom stereocenters. The zero-order valence-corrected chi connectivity index (χ0v) is 14.0. The lowest BCUT2D eigenvalue weighted by Gasteiger charge is -2.15. The summed E-state index contributed by atoms with van der Waals surface area (Å²) in [6.45, 7) is 0. The summed E-state index contributed by atoms with van der Waals surface area (Å²) in [5.74, 6) is 0.362. The SMILES string of the molecule is O=C1CCc2ccc(CCC(=O)c3ccc4ccccc4n3)cc2C1. The Kier molecular flexibility index (Phi) is 4.14. The molecule has 1 aliphatic carbocycles. The normalized spacial score (nSPS) is 13.7. The average Bonchev–Trinajstić information content (AvgIpc) is 2.65. The summed E-state index contributed by atoms with van der Waals surface area (Å²) in [4.78, 5) is 28.6. The number of hydrogen-bond donors (Lipinski definition) is 0. The summed E-state index contributed by atoms with van der Waals surface area (Å²) in [6, 6.07) is 17.8. The minimum Gasteiger partial charge on any atom is -0.299 e. The number of nitrogens with zero attached hydrogens (tertiary/aromatic N) is 1. The largest absolute Gasteiger partial charge is 0.299 e. The average molecular weight is 329 g/mol. The number of aromatic nitrogens is 1. The van der Waals surface area contributed by atoms with Gasteiger partial charge in [0.15, 0.2) is 5.78 Å². The van der Waals surface area contributed by atoms with Crippen LogP contribution in [0.25, 0.3) is 10.9 Å². The number of aryl methyl sites for hydroxylation is 2. The maximum Gasteiger partial charge on any atom is 0.181 e. The monoisotopic (exact) mass is 329 g/mol. The molecule has 0 atom stereocenters. The first-order valence-corrected chi connectivity index (χ1v) is 8.70. The quantitative estimate of drug-likeness (QED) is 0.677. The van der Waals surface area contributed by atoms with Gasteiger partial charge in [-0.2, -0.15) is 0 Å². The molecule has 0 saturated carbocycles. The Labute approximate surface area is 146 Å². The van der Waals surface area contributed by atoms with E-state index in [9.17, 15) is 9.59 Å². The van der Waals surface area contributed by atoms with Gasteiger partial charge in [-0.05, 0) is 41.7 Å². The van der Waals surface area contributed by atoms with Crippen LogP contribution in [-0.2, 0) is 24.1 Å². The minimum absolute atomic E-state index is 0.0551. The number of ketones is 2. The summed E-state index contributed by atoms with van der Waals surface area (Å²) in [5, 5.41) is 1.04. The van der Waals surface area contributed by atoms with Gasteiger partial charge in [0.05, 0.1) is 5.52 Å². The third-order valence-electron chi connectivity index (χ3n) is 4.86. The first kappa shape index (κ1) is 15.7. The van der Waals surface area contributed by atoms with Crippen molar-refractivity contribution in [2.24, 2.45) is 0 Å². The summed E-state index contributed by atoms with van der Waals surface area (Å²) in [7, 11) is 0. The van der Waals surface area contributed by atoms with Crippen molar-refractivity contribution >= 4 is 22.5 Å². The zero-order chi connectivity index (χ0) is 17.2. The van der Waals surface area contributed by atoms with Gasteiger partial charge in [0, 0.05) is 24.6 Å². The van der Waals surface area contributed by atoms with Gasteiger partial charge < -0.3 is 0 Å². The highest BCUT2D eigenvalue weighted by Gasteiger charge is 2.16. The highest BCUT2D eigenvalue weighted by Crippen LogP contribution is 2.21. The first-order chi connectivity index (χ1) is 12.2. The molecule has 0 fully saturated rings. The van der Waals surface area contributed by atoms with Crippen LogP contribution < -0.4 is 0 Å². The van der Waals surface area contributed by atoms with Gasteiger partial charge in [-0.25, -0.2) is 4.98 Å². The summed E-state index contributed by atoms with van der Waals surface area (Å²) in [5.41, 5.74) is 4.88. The number of pyridine rings is 1. The molecule has 4 rings (SSSR count). The van der Waals surface area contributed by atoms with Crippen LogP contribution in [0.2, 0.25) is 0 Å². The number of rotatable bonds is 4. The van der Waals surface area contributed by atoms with Crippen LogP contribution in [0.3, 0.4) is 0 Å². The second-order valence-electron chi connectivity index (χ2n) is 6.63. The molecule has 1 aliphatic rings. The van der Waals surface area contributed by atoms with E-state index in [0.717, 1.165) is 28.5 Å². The van der Waals surface area contributed by atoms with Crippen molar-refractivity contribution in [3.8, 4) is 0 Å². The van der Waals surface area contributed by atoms with Gasteiger partial charge in [0.25, 0.3) is 0 Å². The molecular weight excluding hydrogens is 310 g/mol. The van der Waals surface area contributed by atoms with E-state index in [1.54, 1.807) is 6.07 Å². The number of benzene rings is 2. The maximum atomic E-state index is 12.5. The van der Waals surface area contributed by atoms with Crippen molar-refractivity contribution in [1.82, 2.24) is 4.98 Å². The smallest absolute Gasteiger partial charge is 0.181 e. The number of Topliss-reactive ketones (excluding diaryl/α,β-unsaturated/α-hetero) is 2. The molecule has 2 aromatic carbocycles. The van der Waals surface area contributed by atoms with E-state index >= 15 is 0 Å². The van der Waals surface area contributed by atoms with Gasteiger partial charge in [0.2, 0.25) is 0 Å². The van der Waals surface area contributed by atoms with Crippen molar-refractivity contribution in [3.05, 3.63) is 77.0 Å². The summed E-state index contributed by atoms with van der Waals surface area (Å²) >= 11 is 0. The fourth-order valence-electron chi connectivity index (χ4n) is 3.43. The third kappa shape index (κ3) is 3.36. The Morgan fingerprint density at radius 2 is 1.84 bits per heavy atom. The molecule has 0 N–H and O–H groups in total. The van der Waals surface area contributed by atoms with Crippen LogP contribution in [0.4, 0.5) is 0 Å². The molecule has 1 aromatic heterocycles. The number of para-hydroxylation sites is 1. The fraction of sp³-hybridized carbons (Fsp3) is 0.227. The van der Waals surface area contributed by atoms with E-state index in [-0.39, 0.29) is 5.78 Å². The highest BCUT2D eigenvalue weighted by atomic mass is 16.1. The predicted octanol–water partition coefficient (Wildman–Crippen LogP) is 4.11. The summed E-state index contributed by atoms with van der Waals surface area (Å²) < 4.78 is 0. The van der Waals surface area contributed by atoms with E-state index < -0.39 is 0 Å². The van der Waals surface area contributed by atoms with Crippen LogP contribution in [0, 0.1) is 0 Å². The Balaban J connectivity index is 1.47. The molecule has 25 heavy (non-hydrogen) atoms. The van der Waals surface area contributed by atoms with Gasteiger partial charge in [-0.15, -0.1) is 0 Å². The number of carbonyl (C=O) groups is 2. The van der Waals surface area contributed by atoms with E-state index in [1.807, 2.05) is 30.3 Å². The molecule has 0 radical (unpaired) electrons. The molecule has 0 bridgehead atoms. The number of carbonyl (C=O) groups excluding carboxylic acids is 2. The fourth-order valence-corrected chi connectivity index (χ4v) is 3.43. The highest BCUT2D eigenvalue weighted by molar-refractivity contribution is 5.96. The lowest BCUT2D eigenvalue weighted by Crippen LogP contribution is -2.13. The third-order valence-corrected chi connectivity index (χ3v) is 4.86. The van der Waals surface area contributed by atoms with Crippen LogP contribution in [0.15, 0.2) is 54.6 Å². The van der Waals surface area contributed by atoms with Gasteiger partial charge in [-0.1, -0.05) is 42.5 Å².